The normalized spacial score (nSPS) is 10.3. The summed E-state index contributed by atoms with van der Waals surface area (Å²) < 4.78 is 5.09. The second-order valence-electron chi connectivity index (χ2n) is 5.78. The number of anilines is 2. The van der Waals surface area contributed by atoms with Gasteiger partial charge in [-0.2, -0.15) is 0 Å². The maximum absolute atomic E-state index is 12.3. The highest BCUT2D eigenvalue weighted by molar-refractivity contribution is 6.30. The van der Waals surface area contributed by atoms with Crippen molar-refractivity contribution in [1.82, 2.24) is 9.97 Å². The van der Waals surface area contributed by atoms with Crippen LogP contribution in [0.15, 0.2) is 60.9 Å². The molecule has 27 heavy (non-hydrogen) atoms. The average molecular weight is 383 g/mol. The number of hydrogen-bond acceptors (Lipinski definition) is 5. The molecule has 0 radical (unpaired) electrons. The van der Waals surface area contributed by atoms with E-state index in [0.29, 0.717) is 23.7 Å². The average Bonchev–Trinajstić information content (AvgIpc) is 2.69. The van der Waals surface area contributed by atoms with Gasteiger partial charge in [0.25, 0.3) is 5.91 Å². The molecule has 0 atom stereocenters. The number of rotatable bonds is 7. The summed E-state index contributed by atoms with van der Waals surface area (Å²) in [5, 5.41) is 6.64. The summed E-state index contributed by atoms with van der Waals surface area (Å²) in [5.41, 5.74) is 2.18. The Bertz CT molecular complexity index is 899. The predicted molar refractivity (Wildman–Crippen MR) is 107 cm³/mol. The van der Waals surface area contributed by atoms with Gasteiger partial charge in [-0.3, -0.25) is 4.79 Å². The van der Waals surface area contributed by atoms with Gasteiger partial charge in [0, 0.05) is 29.6 Å². The summed E-state index contributed by atoms with van der Waals surface area (Å²) in [5.74, 6) is 0.924. The molecule has 0 aliphatic heterocycles. The molecule has 1 heterocycles. The minimum absolute atomic E-state index is 0.273. The van der Waals surface area contributed by atoms with Gasteiger partial charge in [-0.1, -0.05) is 23.7 Å². The Balaban J connectivity index is 1.52. The van der Waals surface area contributed by atoms with Gasteiger partial charge >= 0.3 is 0 Å². The monoisotopic (exact) mass is 382 g/mol. The van der Waals surface area contributed by atoms with Gasteiger partial charge in [0.05, 0.1) is 12.7 Å². The first-order chi connectivity index (χ1) is 13.1. The number of ether oxygens (including phenoxy) is 1. The van der Waals surface area contributed by atoms with Gasteiger partial charge in [0.1, 0.15) is 5.75 Å². The quantitative estimate of drug-likeness (QED) is 0.644. The van der Waals surface area contributed by atoms with E-state index in [9.17, 15) is 4.79 Å². The minimum Gasteiger partial charge on any atom is -0.497 e. The third-order valence-corrected chi connectivity index (χ3v) is 4.08. The molecule has 0 unspecified atom stereocenters. The fraction of sp³-hybridized carbons (Fsp3) is 0.150. The Morgan fingerprint density at radius 3 is 2.52 bits per heavy atom. The second kappa shape index (κ2) is 9.00. The molecule has 2 aromatic carbocycles. The van der Waals surface area contributed by atoms with E-state index in [1.54, 1.807) is 31.4 Å². The molecule has 0 aliphatic carbocycles. The van der Waals surface area contributed by atoms with Gasteiger partial charge in [-0.25, -0.2) is 9.97 Å². The molecular formula is C20H19ClN4O2. The van der Waals surface area contributed by atoms with Crippen molar-refractivity contribution in [2.24, 2.45) is 0 Å². The number of benzene rings is 2. The Labute approximate surface area is 162 Å². The number of carbonyl (C=O) groups is 1. The molecule has 2 N–H and O–H groups in total. The van der Waals surface area contributed by atoms with Crippen LogP contribution in [0.4, 0.5) is 11.6 Å². The lowest BCUT2D eigenvalue weighted by atomic mass is 10.1. The molecule has 0 saturated carbocycles. The van der Waals surface area contributed by atoms with Crippen molar-refractivity contribution < 1.29 is 9.53 Å². The Hall–Kier alpha value is -3.12. The first-order valence-electron chi connectivity index (χ1n) is 8.40. The first-order valence-corrected chi connectivity index (χ1v) is 8.77. The van der Waals surface area contributed by atoms with Crippen molar-refractivity contribution >= 4 is 29.1 Å². The maximum atomic E-state index is 12.3. The molecule has 0 bridgehead atoms. The SMILES string of the molecule is COc1ccc(NC(=O)c2cnc(NCCc3cccc(Cl)c3)nc2)cc1. The number of methoxy groups -OCH3 is 1. The molecule has 3 aromatic rings. The smallest absolute Gasteiger partial charge is 0.258 e. The van der Waals surface area contributed by atoms with E-state index >= 15 is 0 Å². The predicted octanol–water partition coefficient (Wildman–Crippen LogP) is 4.05. The zero-order valence-electron chi connectivity index (χ0n) is 14.8. The molecule has 0 fully saturated rings. The molecule has 1 aromatic heterocycles. The Kier molecular flexibility index (Phi) is 6.22. The van der Waals surface area contributed by atoms with Gasteiger partial charge in [-0.05, 0) is 48.4 Å². The molecule has 1 amide bonds. The van der Waals surface area contributed by atoms with E-state index in [4.69, 9.17) is 16.3 Å². The number of nitrogens with zero attached hydrogens (tertiary/aromatic N) is 2. The van der Waals surface area contributed by atoms with Gasteiger partial charge in [0.2, 0.25) is 5.95 Å². The van der Waals surface area contributed by atoms with Gasteiger partial charge in [-0.15, -0.1) is 0 Å². The van der Waals surface area contributed by atoms with Crippen molar-refractivity contribution in [2.75, 3.05) is 24.3 Å². The zero-order chi connectivity index (χ0) is 19.1. The Morgan fingerprint density at radius 2 is 1.85 bits per heavy atom. The van der Waals surface area contributed by atoms with E-state index in [1.165, 1.54) is 12.4 Å². The van der Waals surface area contributed by atoms with Crippen LogP contribution in [0, 0.1) is 0 Å². The molecule has 7 heteroatoms. The molecule has 0 saturated heterocycles. The number of amides is 1. The third kappa shape index (κ3) is 5.43. The fourth-order valence-electron chi connectivity index (χ4n) is 2.43. The summed E-state index contributed by atoms with van der Waals surface area (Å²) in [6.45, 7) is 0.664. The van der Waals surface area contributed by atoms with Crippen LogP contribution in [0.5, 0.6) is 5.75 Å². The number of hydrogen-bond donors (Lipinski definition) is 2. The molecule has 3 rings (SSSR count). The first kappa shape index (κ1) is 18.7. The molecule has 138 valence electrons. The van der Waals surface area contributed by atoms with Crippen LogP contribution in [0.1, 0.15) is 15.9 Å². The lowest BCUT2D eigenvalue weighted by Gasteiger charge is -2.07. The minimum atomic E-state index is -0.273. The lowest BCUT2D eigenvalue weighted by molar-refractivity contribution is 0.102. The van der Waals surface area contributed by atoms with Crippen molar-refractivity contribution in [3.05, 3.63) is 77.1 Å². The summed E-state index contributed by atoms with van der Waals surface area (Å²) in [4.78, 5) is 20.6. The summed E-state index contributed by atoms with van der Waals surface area (Å²) in [6.07, 6.45) is 3.78. The Morgan fingerprint density at radius 1 is 1.11 bits per heavy atom. The van der Waals surface area contributed by atoms with E-state index in [0.717, 1.165) is 22.8 Å². The van der Waals surface area contributed by atoms with Gasteiger partial charge in [0.15, 0.2) is 0 Å². The highest BCUT2D eigenvalue weighted by Crippen LogP contribution is 2.16. The summed E-state index contributed by atoms with van der Waals surface area (Å²) in [7, 11) is 1.59. The summed E-state index contributed by atoms with van der Waals surface area (Å²) in [6, 6.07) is 14.8. The van der Waals surface area contributed by atoms with Crippen LogP contribution < -0.4 is 15.4 Å². The van der Waals surface area contributed by atoms with Crippen LogP contribution in [-0.2, 0) is 6.42 Å². The van der Waals surface area contributed by atoms with Crippen LogP contribution in [0.3, 0.4) is 0 Å². The topological polar surface area (TPSA) is 76.1 Å². The number of halogens is 1. The molecule has 6 nitrogen and oxygen atoms in total. The maximum Gasteiger partial charge on any atom is 0.258 e. The van der Waals surface area contributed by atoms with Crippen molar-refractivity contribution in [2.45, 2.75) is 6.42 Å². The van der Waals surface area contributed by atoms with Crippen molar-refractivity contribution in [3.8, 4) is 5.75 Å². The van der Waals surface area contributed by atoms with Crippen LogP contribution in [0.2, 0.25) is 5.02 Å². The van der Waals surface area contributed by atoms with Gasteiger partial charge < -0.3 is 15.4 Å². The second-order valence-corrected chi connectivity index (χ2v) is 6.22. The molecule has 0 spiro atoms. The van der Waals surface area contributed by atoms with Crippen molar-refractivity contribution in [3.63, 3.8) is 0 Å². The number of carbonyl (C=O) groups excluding carboxylic acids is 1. The number of aromatic nitrogens is 2. The van der Waals surface area contributed by atoms with Crippen molar-refractivity contribution in [1.29, 1.82) is 0 Å². The fourth-order valence-corrected chi connectivity index (χ4v) is 2.64. The van der Waals surface area contributed by atoms with E-state index in [2.05, 4.69) is 20.6 Å². The molecule has 0 aliphatic rings. The third-order valence-electron chi connectivity index (χ3n) is 3.85. The standard InChI is InChI=1S/C20H19ClN4O2/c1-27-18-7-5-17(6-8-18)25-19(26)15-12-23-20(24-13-15)22-10-9-14-3-2-4-16(21)11-14/h2-8,11-13H,9-10H2,1H3,(H,25,26)(H,22,23,24). The van der Waals surface area contributed by atoms with Crippen LogP contribution in [0.25, 0.3) is 0 Å². The van der Waals surface area contributed by atoms with Crippen LogP contribution >= 0.6 is 11.6 Å². The highest BCUT2D eigenvalue weighted by Gasteiger charge is 2.08. The van der Waals surface area contributed by atoms with E-state index < -0.39 is 0 Å². The summed E-state index contributed by atoms with van der Waals surface area (Å²) >= 11 is 5.97. The van der Waals surface area contributed by atoms with E-state index in [-0.39, 0.29) is 5.91 Å². The van der Waals surface area contributed by atoms with E-state index in [1.807, 2.05) is 24.3 Å². The lowest BCUT2D eigenvalue weighted by Crippen LogP contribution is -2.14. The highest BCUT2D eigenvalue weighted by atomic mass is 35.5. The zero-order valence-corrected chi connectivity index (χ0v) is 15.5. The largest absolute Gasteiger partial charge is 0.497 e. The van der Waals surface area contributed by atoms with Crippen LogP contribution in [-0.4, -0.2) is 29.5 Å². The number of nitrogens with one attached hydrogen (secondary N) is 2. The molecular weight excluding hydrogens is 364 g/mol.